The molecule has 2 aromatic rings. The molecule has 4 heteroatoms. The third-order valence-electron chi connectivity index (χ3n) is 5.24. The maximum atomic E-state index is 9.53. The van der Waals surface area contributed by atoms with Gasteiger partial charge in [0.2, 0.25) is 0 Å². The van der Waals surface area contributed by atoms with E-state index in [0.717, 1.165) is 44.9 Å². The van der Waals surface area contributed by atoms with Crippen LogP contribution in [-0.4, -0.2) is 60.3 Å². The second-order valence-electron chi connectivity index (χ2n) is 7.29. The number of nitrogens with zero attached hydrogens (tertiary/aromatic N) is 2. The van der Waals surface area contributed by atoms with Gasteiger partial charge in [-0.3, -0.25) is 9.80 Å². The van der Waals surface area contributed by atoms with Crippen molar-refractivity contribution in [1.82, 2.24) is 9.80 Å². The largest absolute Gasteiger partial charge is 0.494 e. The molecule has 0 aromatic heterocycles. The minimum atomic E-state index is 0.234. The predicted molar refractivity (Wildman–Crippen MR) is 115 cm³/mol. The van der Waals surface area contributed by atoms with Crippen molar-refractivity contribution < 1.29 is 9.84 Å². The van der Waals surface area contributed by atoms with Crippen LogP contribution in [0.3, 0.4) is 0 Å². The molecule has 150 valence electrons. The molecule has 1 saturated heterocycles. The summed E-state index contributed by atoms with van der Waals surface area (Å²) in [6.07, 6.45) is 5.25. The van der Waals surface area contributed by atoms with Gasteiger partial charge < -0.3 is 9.84 Å². The fourth-order valence-electron chi connectivity index (χ4n) is 3.75. The SMILES string of the molecule is CCOc1ccc(CN2CCN(C/C=C/c3ccccc3)C[C@H]2CCO)cc1. The number of benzene rings is 2. The van der Waals surface area contributed by atoms with Crippen LogP contribution in [-0.2, 0) is 6.54 Å². The molecule has 28 heavy (non-hydrogen) atoms. The fourth-order valence-corrected chi connectivity index (χ4v) is 3.75. The van der Waals surface area contributed by atoms with Gasteiger partial charge in [0, 0.05) is 45.4 Å². The van der Waals surface area contributed by atoms with Crippen LogP contribution >= 0.6 is 0 Å². The van der Waals surface area contributed by atoms with Crippen LogP contribution in [0.25, 0.3) is 6.08 Å². The molecule has 1 aliphatic heterocycles. The molecule has 0 radical (unpaired) electrons. The number of piperazine rings is 1. The average Bonchev–Trinajstić information content (AvgIpc) is 2.72. The van der Waals surface area contributed by atoms with Gasteiger partial charge in [-0.05, 0) is 36.6 Å². The second-order valence-corrected chi connectivity index (χ2v) is 7.29. The van der Waals surface area contributed by atoms with E-state index in [1.54, 1.807) is 0 Å². The summed E-state index contributed by atoms with van der Waals surface area (Å²) in [7, 11) is 0. The highest BCUT2D eigenvalue weighted by Crippen LogP contribution is 2.19. The van der Waals surface area contributed by atoms with Crippen molar-refractivity contribution in [2.75, 3.05) is 39.4 Å². The Balaban J connectivity index is 1.54. The number of hydrogen-bond acceptors (Lipinski definition) is 4. The van der Waals surface area contributed by atoms with E-state index in [0.29, 0.717) is 12.6 Å². The number of ether oxygens (including phenoxy) is 1. The summed E-state index contributed by atoms with van der Waals surface area (Å²) in [6, 6.07) is 19.2. The summed E-state index contributed by atoms with van der Waals surface area (Å²) in [6.45, 7) is 7.88. The quantitative estimate of drug-likeness (QED) is 0.720. The van der Waals surface area contributed by atoms with Crippen molar-refractivity contribution in [3.8, 4) is 5.75 Å². The predicted octanol–water partition coefficient (Wildman–Crippen LogP) is 3.67. The van der Waals surface area contributed by atoms with Crippen LogP contribution in [0.15, 0.2) is 60.7 Å². The van der Waals surface area contributed by atoms with E-state index in [1.807, 2.05) is 25.1 Å². The van der Waals surface area contributed by atoms with Gasteiger partial charge in [0.25, 0.3) is 0 Å². The van der Waals surface area contributed by atoms with Crippen LogP contribution in [0.4, 0.5) is 0 Å². The maximum Gasteiger partial charge on any atom is 0.119 e. The first kappa shape index (κ1) is 20.6. The minimum absolute atomic E-state index is 0.234. The van der Waals surface area contributed by atoms with Gasteiger partial charge in [-0.15, -0.1) is 0 Å². The maximum absolute atomic E-state index is 9.53. The van der Waals surface area contributed by atoms with E-state index >= 15 is 0 Å². The van der Waals surface area contributed by atoms with Crippen molar-refractivity contribution in [2.45, 2.75) is 25.9 Å². The lowest BCUT2D eigenvalue weighted by molar-refractivity contribution is 0.0597. The van der Waals surface area contributed by atoms with Gasteiger partial charge in [-0.1, -0.05) is 54.6 Å². The van der Waals surface area contributed by atoms with Gasteiger partial charge in [-0.2, -0.15) is 0 Å². The molecule has 4 nitrogen and oxygen atoms in total. The summed E-state index contributed by atoms with van der Waals surface area (Å²) in [4.78, 5) is 4.98. The number of hydrogen-bond donors (Lipinski definition) is 1. The smallest absolute Gasteiger partial charge is 0.119 e. The lowest BCUT2D eigenvalue weighted by Crippen LogP contribution is -2.52. The van der Waals surface area contributed by atoms with E-state index in [2.05, 4.69) is 58.4 Å². The van der Waals surface area contributed by atoms with E-state index in [1.165, 1.54) is 11.1 Å². The van der Waals surface area contributed by atoms with E-state index in [-0.39, 0.29) is 6.61 Å². The summed E-state index contributed by atoms with van der Waals surface area (Å²) >= 11 is 0. The molecule has 1 fully saturated rings. The van der Waals surface area contributed by atoms with Gasteiger partial charge in [0.15, 0.2) is 0 Å². The Morgan fingerprint density at radius 1 is 1.07 bits per heavy atom. The van der Waals surface area contributed by atoms with Crippen molar-refractivity contribution in [1.29, 1.82) is 0 Å². The highest BCUT2D eigenvalue weighted by atomic mass is 16.5. The monoisotopic (exact) mass is 380 g/mol. The molecule has 1 heterocycles. The fraction of sp³-hybridized carbons (Fsp3) is 0.417. The Morgan fingerprint density at radius 3 is 2.57 bits per heavy atom. The molecule has 0 unspecified atom stereocenters. The Morgan fingerprint density at radius 2 is 1.86 bits per heavy atom. The normalized spacial score (nSPS) is 18.6. The Bertz CT molecular complexity index is 715. The van der Waals surface area contributed by atoms with Gasteiger partial charge in [-0.25, -0.2) is 0 Å². The highest BCUT2D eigenvalue weighted by Gasteiger charge is 2.26. The van der Waals surface area contributed by atoms with Crippen LogP contribution in [0.5, 0.6) is 5.75 Å². The molecule has 1 atom stereocenters. The van der Waals surface area contributed by atoms with Crippen LogP contribution in [0.1, 0.15) is 24.5 Å². The van der Waals surface area contributed by atoms with Gasteiger partial charge >= 0.3 is 0 Å². The third kappa shape index (κ3) is 6.20. The van der Waals surface area contributed by atoms with Crippen LogP contribution in [0, 0.1) is 0 Å². The molecule has 0 bridgehead atoms. The summed E-state index contributed by atoms with van der Waals surface area (Å²) < 4.78 is 5.53. The van der Waals surface area contributed by atoms with E-state index in [9.17, 15) is 5.11 Å². The van der Waals surface area contributed by atoms with Crippen LogP contribution in [0.2, 0.25) is 0 Å². The molecule has 0 aliphatic carbocycles. The van der Waals surface area contributed by atoms with E-state index in [4.69, 9.17) is 4.74 Å². The molecule has 0 amide bonds. The molecule has 2 aromatic carbocycles. The lowest BCUT2D eigenvalue weighted by atomic mass is 10.1. The van der Waals surface area contributed by atoms with E-state index < -0.39 is 0 Å². The van der Waals surface area contributed by atoms with Crippen molar-refractivity contribution in [3.05, 3.63) is 71.8 Å². The van der Waals surface area contributed by atoms with Gasteiger partial charge in [0.1, 0.15) is 5.75 Å². The first-order valence-electron chi connectivity index (χ1n) is 10.3. The minimum Gasteiger partial charge on any atom is -0.494 e. The molecule has 1 aliphatic rings. The Hall–Kier alpha value is -2.14. The van der Waals surface area contributed by atoms with Crippen molar-refractivity contribution in [2.24, 2.45) is 0 Å². The standard InChI is InChI=1S/C24H32N2O2/c1-2-28-24-12-10-22(11-13-24)19-26-17-16-25(20-23(26)14-18-27)15-6-9-21-7-4-3-5-8-21/h3-13,23,27H,2,14-20H2,1H3/b9-6+/t23-/m1/s1. The molecule has 1 N–H and O–H groups in total. The zero-order valence-corrected chi connectivity index (χ0v) is 16.8. The zero-order chi connectivity index (χ0) is 19.6. The summed E-state index contributed by atoms with van der Waals surface area (Å²) in [5.74, 6) is 0.924. The second kappa shape index (κ2) is 11.0. The molecular formula is C24H32N2O2. The van der Waals surface area contributed by atoms with Gasteiger partial charge in [0.05, 0.1) is 6.61 Å². The molecule has 0 saturated carbocycles. The molecule has 3 rings (SSSR count). The molecular weight excluding hydrogens is 348 g/mol. The topological polar surface area (TPSA) is 35.9 Å². The van der Waals surface area contributed by atoms with Crippen LogP contribution < -0.4 is 4.74 Å². The first-order valence-corrected chi connectivity index (χ1v) is 10.3. The molecule has 0 spiro atoms. The average molecular weight is 381 g/mol. The zero-order valence-electron chi connectivity index (χ0n) is 16.8. The number of rotatable bonds is 9. The lowest BCUT2D eigenvalue weighted by Gasteiger charge is -2.41. The highest BCUT2D eigenvalue weighted by molar-refractivity contribution is 5.48. The third-order valence-corrected chi connectivity index (χ3v) is 5.24. The van der Waals surface area contributed by atoms with Crippen molar-refractivity contribution >= 4 is 6.08 Å². The number of aliphatic hydroxyl groups is 1. The van der Waals surface area contributed by atoms with Crippen molar-refractivity contribution in [3.63, 3.8) is 0 Å². The Kier molecular flexibility index (Phi) is 8.09. The first-order chi connectivity index (χ1) is 13.8. The Labute approximate surface area is 169 Å². The summed E-state index contributed by atoms with van der Waals surface area (Å²) in [5, 5.41) is 9.53. The number of aliphatic hydroxyl groups excluding tert-OH is 1. The summed E-state index contributed by atoms with van der Waals surface area (Å²) in [5.41, 5.74) is 2.53.